The second kappa shape index (κ2) is 11.7. The molecule has 1 N–H and O–H groups in total. The fraction of sp³-hybridized carbons (Fsp3) is 0.458. The summed E-state index contributed by atoms with van der Waals surface area (Å²) in [5, 5.41) is 11.0. The van der Waals surface area contributed by atoms with E-state index in [9.17, 15) is 5.11 Å². The van der Waals surface area contributed by atoms with E-state index >= 15 is 0 Å². The van der Waals surface area contributed by atoms with Gasteiger partial charge in [-0.15, -0.1) is 0 Å². The Labute approximate surface area is 194 Å². The Kier molecular flexibility index (Phi) is 9.92. The molecule has 1 fully saturated rings. The van der Waals surface area contributed by atoms with Gasteiger partial charge in [0.2, 0.25) is 0 Å². The van der Waals surface area contributed by atoms with Crippen LogP contribution in [-0.2, 0) is 26.3 Å². The standard InChI is InChI=1S/C24H31NO.2ClH.Zr/c1-17-10-13-20(14-11-17)25-16-21-18(2)12-15-22(23(21)26)24(3,4)19-8-6-5-7-9-19;;;/h5-9,12,15-17,20,26H,10-11,13-14H2,1-4H3;2*1H;/q;;;+2/p-2. The molecule has 0 aliphatic heterocycles. The van der Waals surface area contributed by atoms with Crippen molar-refractivity contribution in [2.75, 3.05) is 0 Å². The molecule has 2 aromatic rings. The Morgan fingerprint density at radius 2 is 1.62 bits per heavy atom. The zero-order valence-corrected chi connectivity index (χ0v) is 21.7. The van der Waals surface area contributed by atoms with Crippen LogP contribution in [0.15, 0.2) is 47.5 Å². The summed E-state index contributed by atoms with van der Waals surface area (Å²) < 4.78 is 0. The van der Waals surface area contributed by atoms with Gasteiger partial charge in [0.05, 0.1) is 0 Å². The van der Waals surface area contributed by atoms with Crippen molar-refractivity contribution in [2.24, 2.45) is 10.9 Å². The summed E-state index contributed by atoms with van der Waals surface area (Å²) in [4.78, 5) is 4.82. The Morgan fingerprint density at radius 3 is 2.21 bits per heavy atom. The van der Waals surface area contributed by atoms with E-state index < -0.39 is 20.8 Å². The van der Waals surface area contributed by atoms with E-state index in [4.69, 9.17) is 22.0 Å². The molecule has 0 unspecified atom stereocenters. The van der Waals surface area contributed by atoms with E-state index in [0.717, 1.165) is 35.4 Å². The first-order valence-electron chi connectivity index (χ1n) is 10.2. The van der Waals surface area contributed by atoms with Gasteiger partial charge in [-0.25, -0.2) is 0 Å². The summed E-state index contributed by atoms with van der Waals surface area (Å²) in [6, 6.07) is 14.9. The van der Waals surface area contributed by atoms with Crippen molar-refractivity contribution >= 4 is 23.2 Å². The molecule has 3 rings (SSSR count). The van der Waals surface area contributed by atoms with Crippen LogP contribution in [0, 0.1) is 12.8 Å². The van der Waals surface area contributed by atoms with Gasteiger partial charge in [0.15, 0.2) is 0 Å². The van der Waals surface area contributed by atoms with Crippen molar-refractivity contribution in [3.8, 4) is 5.75 Å². The van der Waals surface area contributed by atoms with E-state index in [1.165, 1.54) is 18.4 Å². The van der Waals surface area contributed by atoms with Crippen LogP contribution >= 0.6 is 17.0 Å². The Balaban J connectivity index is 0.000000941. The molecule has 0 saturated heterocycles. The number of benzene rings is 2. The van der Waals surface area contributed by atoms with Crippen molar-refractivity contribution in [2.45, 2.75) is 64.8 Å². The fourth-order valence-corrected chi connectivity index (χ4v) is 3.96. The topological polar surface area (TPSA) is 32.6 Å². The minimum absolute atomic E-state index is 0.262. The van der Waals surface area contributed by atoms with E-state index in [0.29, 0.717) is 11.8 Å². The van der Waals surface area contributed by atoms with Crippen LogP contribution in [0.2, 0.25) is 0 Å². The number of phenolic OH excluding ortho intramolecular Hbond substituents is 1. The average Bonchev–Trinajstić information content (AvgIpc) is 2.70. The van der Waals surface area contributed by atoms with E-state index in [1.54, 1.807) is 0 Å². The van der Waals surface area contributed by atoms with E-state index in [2.05, 4.69) is 57.2 Å². The van der Waals surface area contributed by atoms with Gasteiger partial charge in [-0.2, -0.15) is 0 Å². The zero-order valence-electron chi connectivity index (χ0n) is 17.8. The molecule has 1 saturated carbocycles. The summed E-state index contributed by atoms with van der Waals surface area (Å²) in [5.41, 5.74) is 3.83. The number of halogens is 2. The van der Waals surface area contributed by atoms with Gasteiger partial charge in [-0.05, 0) is 49.7 Å². The number of nitrogens with zero attached hydrogens (tertiary/aromatic N) is 1. The quantitative estimate of drug-likeness (QED) is 0.426. The molecule has 0 bridgehead atoms. The molecule has 2 aromatic carbocycles. The zero-order chi connectivity index (χ0) is 21.4. The second-order valence-electron chi connectivity index (χ2n) is 8.45. The predicted molar refractivity (Wildman–Crippen MR) is 122 cm³/mol. The molecular weight excluding hydrogens is 480 g/mol. The molecule has 0 aromatic heterocycles. The Hall–Kier alpha value is -0.627. The third-order valence-electron chi connectivity index (χ3n) is 6.00. The SMILES string of the molecule is Cc1ccc(C(C)(C)c2ccccc2)c(O)c1C=NC1CCC(C)CC1.[Cl][Zr][Cl]. The number of phenols is 1. The van der Waals surface area contributed by atoms with Crippen LogP contribution in [0.1, 0.15) is 68.7 Å². The van der Waals surface area contributed by atoms with Gasteiger partial charge in [0.1, 0.15) is 5.75 Å². The summed E-state index contributed by atoms with van der Waals surface area (Å²) >= 11 is -0.826. The van der Waals surface area contributed by atoms with Crippen LogP contribution < -0.4 is 0 Å². The number of hydrogen-bond donors (Lipinski definition) is 1. The monoisotopic (exact) mass is 509 g/mol. The predicted octanol–water partition coefficient (Wildman–Crippen LogP) is 7.40. The third-order valence-corrected chi connectivity index (χ3v) is 6.00. The summed E-state index contributed by atoms with van der Waals surface area (Å²) in [6.07, 6.45) is 6.75. The second-order valence-corrected chi connectivity index (χ2v) is 12.2. The molecular formula is C24H31Cl2NOZr. The van der Waals surface area contributed by atoms with E-state index in [-0.39, 0.29) is 5.41 Å². The third kappa shape index (κ3) is 6.68. The first kappa shape index (κ1) is 24.6. The Bertz CT molecular complexity index is 800. The molecule has 0 amide bonds. The molecule has 1 aliphatic carbocycles. The van der Waals surface area contributed by atoms with Gasteiger partial charge < -0.3 is 5.11 Å². The van der Waals surface area contributed by atoms with Gasteiger partial charge in [0, 0.05) is 28.8 Å². The molecule has 1 aliphatic rings. The molecule has 156 valence electrons. The van der Waals surface area contributed by atoms with Crippen molar-refractivity contribution in [1.82, 2.24) is 0 Å². The van der Waals surface area contributed by atoms with Crippen molar-refractivity contribution in [3.05, 3.63) is 64.7 Å². The van der Waals surface area contributed by atoms with Gasteiger partial charge in [-0.1, -0.05) is 63.2 Å². The fourth-order valence-electron chi connectivity index (χ4n) is 3.96. The minimum atomic E-state index is -0.826. The first-order chi connectivity index (χ1) is 13.8. The van der Waals surface area contributed by atoms with Crippen LogP contribution in [0.4, 0.5) is 0 Å². The van der Waals surface area contributed by atoms with E-state index in [1.807, 2.05) is 19.2 Å². The number of aromatic hydroxyl groups is 1. The molecule has 0 atom stereocenters. The molecule has 29 heavy (non-hydrogen) atoms. The van der Waals surface area contributed by atoms with Crippen LogP contribution in [0.5, 0.6) is 5.75 Å². The van der Waals surface area contributed by atoms with Crippen LogP contribution in [-0.4, -0.2) is 17.4 Å². The Morgan fingerprint density at radius 1 is 1.03 bits per heavy atom. The van der Waals surface area contributed by atoms with Crippen molar-refractivity contribution in [3.63, 3.8) is 0 Å². The first-order valence-corrected chi connectivity index (χ1v) is 16.5. The number of aliphatic imine (C=N–C) groups is 1. The molecule has 2 nitrogen and oxygen atoms in total. The number of rotatable bonds is 4. The molecule has 0 spiro atoms. The van der Waals surface area contributed by atoms with Crippen molar-refractivity contribution < 1.29 is 26.0 Å². The van der Waals surface area contributed by atoms with Crippen molar-refractivity contribution in [1.29, 1.82) is 0 Å². The number of aryl methyl sites for hydroxylation is 1. The van der Waals surface area contributed by atoms with Crippen LogP contribution in [0.3, 0.4) is 0 Å². The number of hydrogen-bond acceptors (Lipinski definition) is 2. The maximum absolute atomic E-state index is 11.0. The van der Waals surface area contributed by atoms with Crippen LogP contribution in [0.25, 0.3) is 0 Å². The molecule has 0 heterocycles. The summed E-state index contributed by atoms with van der Waals surface area (Å²) in [5.74, 6) is 1.19. The molecule has 5 heteroatoms. The summed E-state index contributed by atoms with van der Waals surface area (Å²) in [7, 11) is 9.87. The summed E-state index contributed by atoms with van der Waals surface area (Å²) in [6.45, 7) is 8.70. The normalized spacial score (nSPS) is 19.5. The maximum atomic E-state index is 11.0. The van der Waals surface area contributed by atoms with Gasteiger partial charge >= 0.3 is 37.9 Å². The molecule has 0 radical (unpaired) electrons. The average molecular weight is 512 g/mol. The van der Waals surface area contributed by atoms with Gasteiger partial charge in [-0.3, -0.25) is 4.99 Å². The van der Waals surface area contributed by atoms with Gasteiger partial charge in [0.25, 0.3) is 0 Å².